The molecule has 0 spiro atoms. The molecule has 20 heavy (non-hydrogen) atoms. The number of halogens is 3. The number of carbonyl (C=O) groups excluding carboxylic acids is 1. The first-order chi connectivity index (χ1) is 9.54. The van der Waals surface area contributed by atoms with E-state index in [0.717, 1.165) is 0 Å². The number of aromatic nitrogens is 1. The SMILES string of the molecule is CCNC(=O)C1COCCN1c1nc(Cl)c(Cl)cc1Cl. The number of nitrogens with zero attached hydrogens (tertiary/aromatic N) is 2. The Labute approximate surface area is 132 Å². The van der Waals surface area contributed by atoms with Gasteiger partial charge >= 0.3 is 0 Å². The molecule has 110 valence electrons. The van der Waals surface area contributed by atoms with Gasteiger partial charge in [0.15, 0.2) is 0 Å². The van der Waals surface area contributed by atoms with Crippen molar-refractivity contribution in [2.75, 3.05) is 31.2 Å². The molecule has 1 aliphatic rings. The van der Waals surface area contributed by atoms with Crippen LogP contribution in [0.5, 0.6) is 0 Å². The molecule has 0 radical (unpaired) electrons. The standard InChI is InChI=1S/C12H14Cl3N3O2/c1-2-16-12(19)9-6-20-4-3-18(9)11-8(14)5-7(13)10(15)17-11/h5,9H,2-4,6H2,1H3,(H,16,19). The molecule has 1 aliphatic heterocycles. The fourth-order valence-corrected chi connectivity index (χ4v) is 2.60. The molecule has 0 aliphatic carbocycles. The van der Waals surface area contributed by atoms with Crippen molar-refractivity contribution in [2.45, 2.75) is 13.0 Å². The van der Waals surface area contributed by atoms with Crippen molar-refractivity contribution in [1.82, 2.24) is 10.3 Å². The van der Waals surface area contributed by atoms with Crippen LogP contribution in [0.25, 0.3) is 0 Å². The Kier molecular flexibility index (Phi) is 5.32. The molecular weight excluding hydrogens is 325 g/mol. The number of ether oxygens (including phenoxy) is 1. The molecule has 1 aromatic rings. The number of anilines is 1. The lowest BCUT2D eigenvalue weighted by molar-refractivity contribution is -0.124. The van der Waals surface area contributed by atoms with E-state index in [1.807, 2.05) is 6.92 Å². The summed E-state index contributed by atoms with van der Waals surface area (Å²) in [4.78, 5) is 18.1. The minimum Gasteiger partial charge on any atom is -0.377 e. The number of amides is 1. The highest BCUT2D eigenvalue weighted by atomic mass is 35.5. The molecule has 5 nitrogen and oxygen atoms in total. The summed E-state index contributed by atoms with van der Waals surface area (Å²) in [6, 6.07) is 1.05. The molecular formula is C12H14Cl3N3O2. The largest absolute Gasteiger partial charge is 0.377 e. The van der Waals surface area contributed by atoms with E-state index in [0.29, 0.717) is 30.5 Å². The monoisotopic (exact) mass is 337 g/mol. The molecule has 1 unspecified atom stereocenters. The van der Waals surface area contributed by atoms with Crippen LogP contribution < -0.4 is 10.2 Å². The Balaban J connectivity index is 2.32. The van der Waals surface area contributed by atoms with E-state index >= 15 is 0 Å². The number of rotatable bonds is 3. The quantitative estimate of drug-likeness (QED) is 0.860. The van der Waals surface area contributed by atoms with Gasteiger partial charge in [0.1, 0.15) is 17.0 Å². The van der Waals surface area contributed by atoms with Crippen LogP contribution >= 0.6 is 34.8 Å². The second kappa shape index (κ2) is 6.80. The van der Waals surface area contributed by atoms with Crippen LogP contribution in [-0.2, 0) is 9.53 Å². The third-order valence-corrected chi connectivity index (χ3v) is 3.87. The number of hydrogen-bond donors (Lipinski definition) is 1. The van der Waals surface area contributed by atoms with Gasteiger partial charge in [-0.2, -0.15) is 0 Å². The van der Waals surface area contributed by atoms with Crippen LogP contribution in [0.1, 0.15) is 6.92 Å². The summed E-state index contributed by atoms with van der Waals surface area (Å²) in [6.45, 7) is 3.69. The number of pyridine rings is 1. The van der Waals surface area contributed by atoms with Crippen LogP contribution in [0, 0.1) is 0 Å². The summed E-state index contributed by atoms with van der Waals surface area (Å²) in [7, 11) is 0. The lowest BCUT2D eigenvalue weighted by Crippen LogP contribution is -2.54. The topological polar surface area (TPSA) is 54.5 Å². The number of carbonyl (C=O) groups is 1. The number of nitrogens with one attached hydrogen (secondary N) is 1. The Morgan fingerprint density at radius 1 is 1.50 bits per heavy atom. The Bertz CT molecular complexity index is 513. The van der Waals surface area contributed by atoms with E-state index in [2.05, 4.69) is 10.3 Å². The van der Waals surface area contributed by atoms with E-state index in [4.69, 9.17) is 39.5 Å². The van der Waals surface area contributed by atoms with Gasteiger partial charge in [-0.25, -0.2) is 4.98 Å². The molecule has 1 saturated heterocycles. The molecule has 1 aromatic heterocycles. The van der Waals surface area contributed by atoms with Crippen LogP contribution in [-0.4, -0.2) is 43.2 Å². The molecule has 1 amide bonds. The lowest BCUT2D eigenvalue weighted by Gasteiger charge is -2.35. The maximum Gasteiger partial charge on any atom is 0.245 e. The van der Waals surface area contributed by atoms with Crippen LogP contribution in [0.2, 0.25) is 15.2 Å². The minimum atomic E-state index is -0.481. The van der Waals surface area contributed by atoms with Crippen molar-refractivity contribution in [3.8, 4) is 0 Å². The second-order valence-corrected chi connectivity index (χ2v) is 5.42. The predicted molar refractivity (Wildman–Crippen MR) is 79.9 cm³/mol. The summed E-state index contributed by atoms with van der Waals surface area (Å²) in [5.74, 6) is 0.316. The summed E-state index contributed by atoms with van der Waals surface area (Å²) < 4.78 is 5.36. The first-order valence-electron chi connectivity index (χ1n) is 6.18. The number of likely N-dealkylation sites (N-methyl/N-ethyl adjacent to an activating group) is 1. The van der Waals surface area contributed by atoms with Gasteiger partial charge in [0, 0.05) is 13.1 Å². The fraction of sp³-hybridized carbons (Fsp3) is 0.500. The van der Waals surface area contributed by atoms with Crippen LogP contribution in [0.15, 0.2) is 6.07 Å². The maximum absolute atomic E-state index is 12.1. The molecule has 1 N–H and O–H groups in total. The molecule has 8 heteroatoms. The van der Waals surface area contributed by atoms with Gasteiger partial charge < -0.3 is 15.0 Å². The van der Waals surface area contributed by atoms with Crippen molar-refractivity contribution in [3.63, 3.8) is 0 Å². The third-order valence-electron chi connectivity index (χ3n) is 2.92. The van der Waals surface area contributed by atoms with Crippen molar-refractivity contribution < 1.29 is 9.53 Å². The Morgan fingerprint density at radius 2 is 2.25 bits per heavy atom. The van der Waals surface area contributed by atoms with Gasteiger partial charge in [0.2, 0.25) is 5.91 Å². The second-order valence-electron chi connectivity index (χ2n) is 4.25. The predicted octanol–water partition coefficient (Wildman–Crippen LogP) is 2.38. The molecule has 2 rings (SSSR count). The van der Waals surface area contributed by atoms with Crippen LogP contribution in [0.3, 0.4) is 0 Å². The van der Waals surface area contributed by atoms with Gasteiger partial charge in [0.25, 0.3) is 0 Å². The number of morpholine rings is 1. The molecule has 0 bridgehead atoms. The summed E-state index contributed by atoms with van der Waals surface area (Å²) in [6.07, 6.45) is 0. The zero-order chi connectivity index (χ0) is 14.7. The maximum atomic E-state index is 12.1. The summed E-state index contributed by atoms with van der Waals surface area (Å²) in [5, 5.41) is 3.57. The lowest BCUT2D eigenvalue weighted by atomic mass is 10.2. The smallest absolute Gasteiger partial charge is 0.245 e. The van der Waals surface area contributed by atoms with E-state index in [9.17, 15) is 4.79 Å². The highest BCUT2D eigenvalue weighted by Gasteiger charge is 2.31. The Hall–Kier alpha value is -0.750. The molecule has 2 heterocycles. The average Bonchev–Trinajstić information content (AvgIpc) is 2.43. The van der Waals surface area contributed by atoms with Gasteiger partial charge in [0.05, 0.1) is 23.3 Å². The fourth-order valence-electron chi connectivity index (χ4n) is 2.00. The Morgan fingerprint density at radius 3 is 2.95 bits per heavy atom. The minimum absolute atomic E-state index is 0.129. The summed E-state index contributed by atoms with van der Waals surface area (Å²) in [5.41, 5.74) is 0. The summed E-state index contributed by atoms with van der Waals surface area (Å²) >= 11 is 18.0. The highest BCUT2D eigenvalue weighted by Crippen LogP contribution is 2.32. The molecule has 1 atom stereocenters. The van der Waals surface area contributed by atoms with Crippen molar-refractivity contribution in [3.05, 3.63) is 21.3 Å². The normalized spacial score (nSPS) is 19.0. The van der Waals surface area contributed by atoms with Gasteiger partial charge in [-0.1, -0.05) is 34.8 Å². The zero-order valence-electron chi connectivity index (χ0n) is 10.8. The van der Waals surface area contributed by atoms with Crippen molar-refractivity contribution in [2.24, 2.45) is 0 Å². The van der Waals surface area contributed by atoms with Crippen molar-refractivity contribution >= 4 is 46.5 Å². The third kappa shape index (κ3) is 3.28. The highest BCUT2D eigenvalue weighted by molar-refractivity contribution is 6.43. The molecule has 1 fully saturated rings. The van der Waals surface area contributed by atoms with E-state index in [1.165, 1.54) is 6.07 Å². The molecule has 0 aromatic carbocycles. The molecule has 0 saturated carbocycles. The van der Waals surface area contributed by atoms with Crippen molar-refractivity contribution in [1.29, 1.82) is 0 Å². The van der Waals surface area contributed by atoms with E-state index in [-0.39, 0.29) is 22.7 Å². The zero-order valence-corrected chi connectivity index (χ0v) is 13.1. The van der Waals surface area contributed by atoms with E-state index < -0.39 is 6.04 Å². The van der Waals surface area contributed by atoms with Crippen LogP contribution in [0.4, 0.5) is 5.82 Å². The van der Waals surface area contributed by atoms with Gasteiger partial charge in [-0.15, -0.1) is 0 Å². The number of hydrogen-bond acceptors (Lipinski definition) is 4. The average molecular weight is 339 g/mol. The van der Waals surface area contributed by atoms with E-state index in [1.54, 1.807) is 4.90 Å². The first-order valence-corrected chi connectivity index (χ1v) is 7.31. The van der Waals surface area contributed by atoms with Gasteiger partial charge in [-0.3, -0.25) is 4.79 Å². The van der Waals surface area contributed by atoms with Gasteiger partial charge in [-0.05, 0) is 13.0 Å². The first kappa shape index (κ1) is 15.6.